The summed E-state index contributed by atoms with van der Waals surface area (Å²) in [4.78, 5) is 15.3. The Bertz CT molecular complexity index is 308. The van der Waals surface area contributed by atoms with Crippen molar-refractivity contribution in [2.24, 2.45) is 11.7 Å². The minimum absolute atomic E-state index is 0.174. The number of ether oxygens (including phenoxy) is 2. The smallest absolute Gasteiger partial charge is 0.231 e. The summed E-state index contributed by atoms with van der Waals surface area (Å²) in [5.41, 5.74) is 5.21. The van der Waals surface area contributed by atoms with Gasteiger partial charge in [-0.15, -0.1) is 0 Å². The van der Waals surface area contributed by atoms with Gasteiger partial charge in [-0.3, -0.25) is 14.6 Å². The molecular formula is C14H27N3O3. The van der Waals surface area contributed by atoms with Crippen LogP contribution in [0.25, 0.3) is 0 Å². The first kappa shape index (κ1) is 15.7. The predicted molar refractivity (Wildman–Crippen MR) is 76.4 cm³/mol. The van der Waals surface area contributed by atoms with Crippen LogP contribution in [0.1, 0.15) is 12.8 Å². The fraction of sp³-hybridized carbons (Fsp3) is 0.929. The van der Waals surface area contributed by atoms with Gasteiger partial charge in [-0.25, -0.2) is 0 Å². The summed E-state index contributed by atoms with van der Waals surface area (Å²) in [5.74, 6) is 0.466. The van der Waals surface area contributed by atoms with Crippen LogP contribution in [0.4, 0.5) is 0 Å². The van der Waals surface area contributed by atoms with E-state index in [9.17, 15) is 4.79 Å². The number of likely N-dealkylation sites (N-methyl/N-ethyl adjacent to an activating group) is 1. The molecule has 2 fully saturated rings. The second-order valence-corrected chi connectivity index (χ2v) is 5.97. The maximum atomic E-state index is 10.9. The molecule has 1 amide bonds. The van der Waals surface area contributed by atoms with Gasteiger partial charge < -0.3 is 15.2 Å². The van der Waals surface area contributed by atoms with Crippen LogP contribution in [0.5, 0.6) is 0 Å². The molecule has 0 radical (unpaired) electrons. The van der Waals surface area contributed by atoms with Crippen molar-refractivity contribution in [1.82, 2.24) is 9.80 Å². The van der Waals surface area contributed by atoms with E-state index in [-0.39, 0.29) is 12.0 Å². The average Bonchev–Trinajstić information content (AvgIpc) is 2.39. The van der Waals surface area contributed by atoms with Gasteiger partial charge >= 0.3 is 0 Å². The van der Waals surface area contributed by atoms with E-state index in [0.29, 0.717) is 6.54 Å². The van der Waals surface area contributed by atoms with E-state index in [1.165, 1.54) is 12.8 Å². The Balaban J connectivity index is 1.71. The van der Waals surface area contributed by atoms with E-state index in [4.69, 9.17) is 15.2 Å². The van der Waals surface area contributed by atoms with Gasteiger partial charge in [-0.05, 0) is 25.8 Å². The third-order valence-electron chi connectivity index (χ3n) is 4.02. The molecule has 2 rings (SSSR count). The molecule has 2 heterocycles. The van der Waals surface area contributed by atoms with E-state index in [0.717, 1.165) is 51.9 Å². The highest BCUT2D eigenvalue weighted by Gasteiger charge is 2.25. The van der Waals surface area contributed by atoms with Gasteiger partial charge in [-0.1, -0.05) is 0 Å². The largest absolute Gasteiger partial charge is 0.381 e. The highest BCUT2D eigenvalue weighted by Crippen LogP contribution is 2.17. The van der Waals surface area contributed by atoms with Crippen LogP contribution in [-0.4, -0.2) is 81.4 Å². The van der Waals surface area contributed by atoms with Crippen molar-refractivity contribution in [3.05, 3.63) is 0 Å². The summed E-state index contributed by atoms with van der Waals surface area (Å²) >= 11 is 0. The van der Waals surface area contributed by atoms with Crippen LogP contribution in [-0.2, 0) is 14.3 Å². The Kier molecular flexibility index (Phi) is 6.22. The standard InChI is InChI=1S/C14H27N3O3/c1-16(11-14(15)18)9-13-10-17(4-7-20-13)8-12-2-5-19-6-3-12/h12-13H,2-11H2,1H3,(H2,15,18)/t13-/m1/s1. The fourth-order valence-electron chi connectivity index (χ4n) is 3.03. The van der Waals surface area contributed by atoms with Crippen molar-refractivity contribution in [1.29, 1.82) is 0 Å². The van der Waals surface area contributed by atoms with Gasteiger partial charge in [0, 0.05) is 39.4 Å². The SMILES string of the molecule is CN(CC(N)=O)C[C@@H]1CN(CC2CCOCC2)CCO1. The zero-order valence-electron chi connectivity index (χ0n) is 12.4. The first-order valence-electron chi connectivity index (χ1n) is 7.52. The molecule has 20 heavy (non-hydrogen) atoms. The summed E-state index contributed by atoms with van der Waals surface area (Å²) in [6.07, 6.45) is 2.51. The molecule has 0 aliphatic carbocycles. The molecule has 2 aliphatic rings. The number of hydrogen-bond donors (Lipinski definition) is 1. The van der Waals surface area contributed by atoms with Crippen LogP contribution in [0, 0.1) is 5.92 Å². The summed E-state index contributed by atoms with van der Waals surface area (Å²) < 4.78 is 11.2. The van der Waals surface area contributed by atoms with Crippen molar-refractivity contribution in [2.45, 2.75) is 18.9 Å². The third kappa shape index (κ3) is 5.36. The first-order valence-corrected chi connectivity index (χ1v) is 7.52. The first-order chi connectivity index (χ1) is 9.63. The molecule has 0 spiro atoms. The molecule has 0 unspecified atom stereocenters. The molecule has 6 nitrogen and oxygen atoms in total. The van der Waals surface area contributed by atoms with Crippen molar-refractivity contribution in [3.8, 4) is 0 Å². The molecule has 0 aromatic rings. The fourth-order valence-corrected chi connectivity index (χ4v) is 3.03. The molecule has 1 atom stereocenters. The maximum absolute atomic E-state index is 10.9. The van der Waals surface area contributed by atoms with E-state index < -0.39 is 0 Å². The van der Waals surface area contributed by atoms with Gasteiger partial charge in [-0.2, -0.15) is 0 Å². The van der Waals surface area contributed by atoms with Crippen LogP contribution in [0.15, 0.2) is 0 Å². The molecule has 6 heteroatoms. The lowest BCUT2D eigenvalue weighted by atomic mass is 9.99. The number of primary amides is 1. The van der Waals surface area contributed by atoms with Crippen molar-refractivity contribution in [3.63, 3.8) is 0 Å². The highest BCUT2D eigenvalue weighted by molar-refractivity contribution is 5.75. The van der Waals surface area contributed by atoms with Crippen molar-refractivity contribution in [2.75, 3.05) is 59.6 Å². The Morgan fingerprint density at radius 1 is 1.35 bits per heavy atom. The Labute approximate surface area is 121 Å². The lowest BCUT2D eigenvalue weighted by molar-refractivity contribution is -0.119. The lowest BCUT2D eigenvalue weighted by Gasteiger charge is -2.37. The number of carbonyl (C=O) groups is 1. The van der Waals surface area contributed by atoms with Gasteiger partial charge in [0.1, 0.15) is 0 Å². The van der Waals surface area contributed by atoms with E-state index >= 15 is 0 Å². The number of hydrogen-bond acceptors (Lipinski definition) is 5. The van der Waals surface area contributed by atoms with Gasteiger partial charge in [0.15, 0.2) is 0 Å². The van der Waals surface area contributed by atoms with E-state index in [2.05, 4.69) is 4.90 Å². The molecule has 0 bridgehead atoms. The van der Waals surface area contributed by atoms with Crippen molar-refractivity contribution < 1.29 is 14.3 Å². The Morgan fingerprint density at radius 3 is 2.80 bits per heavy atom. The van der Waals surface area contributed by atoms with Crippen molar-refractivity contribution >= 4 is 5.91 Å². The second kappa shape index (κ2) is 7.93. The monoisotopic (exact) mass is 285 g/mol. The molecule has 0 aromatic carbocycles. The molecule has 2 N–H and O–H groups in total. The number of rotatable bonds is 6. The number of nitrogens with two attached hydrogens (primary N) is 1. The number of carbonyl (C=O) groups excluding carboxylic acids is 1. The predicted octanol–water partition coefficient (Wildman–Crippen LogP) is -0.469. The normalized spacial score (nSPS) is 26.0. The summed E-state index contributed by atoms with van der Waals surface area (Å²) in [6, 6.07) is 0. The molecule has 2 saturated heterocycles. The van der Waals surface area contributed by atoms with Crippen LogP contribution in [0.3, 0.4) is 0 Å². The summed E-state index contributed by atoms with van der Waals surface area (Å²) in [5, 5.41) is 0. The molecule has 0 aromatic heterocycles. The maximum Gasteiger partial charge on any atom is 0.231 e. The average molecular weight is 285 g/mol. The highest BCUT2D eigenvalue weighted by atomic mass is 16.5. The molecule has 2 aliphatic heterocycles. The number of morpholine rings is 1. The van der Waals surface area contributed by atoms with E-state index in [1.807, 2.05) is 11.9 Å². The van der Waals surface area contributed by atoms with Crippen LogP contribution < -0.4 is 5.73 Å². The minimum atomic E-state index is -0.289. The van der Waals surface area contributed by atoms with Crippen LogP contribution in [0.2, 0.25) is 0 Å². The van der Waals surface area contributed by atoms with Gasteiger partial charge in [0.25, 0.3) is 0 Å². The number of amides is 1. The van der Waals surface area contributed by atoms with E-state index in [1.54, 1.807) is 0 Å². The quantitative estimate of drug-likeness (QED) is 0.715. The minimum Gasteiger partial charge on any atom is -0.381 e. The molecular weight excluding hydrogens is 258 g/mol. The Morgan fingerprint density at radius 2 is 2.10 bits per heavy atom. The molecule has 116 valence electrons. The summed E-state index contributed by atoms with van der Waals surface area (Å²) in [7, 11) is 1.91. The third-order valence-corrected chi connectivity index (χ3v) is 4.02. The van der Waals surface area contributed by atoms with Gasteiger partial charge in [0.05, 0.1) is 19.3 Å². The second-order valence-electron chi connectivity index (χ2n) is 5.97. The molecule has 0 saturated carbocycles. The summed E-state index contributed by atoms with van der Waals surface area (Å²) in [6.45, 7) is 6.72. The zero-order chi connectivity index (χ0) is 14.4. The Hall–Kier alpha value is -0.690. The zero-order valence-corrected chi connectivity index (χ0v) is 12.4. The van der Waals surface area contributed by atoms with Gasteiger partial charge in [0.2, 0.25) is 5.91 Å². The number of nitrogens with zero attached hydrogens (tertiary/aromatic N) is 2. The lowest BCUT2D eigenvalue weighted by Crippen LogP contribution is -2.49. The van der Waals surface area contributed by atoms with Crippen LogP contribution >= 0.6 is 0 Å². The topological polar surface area (TPSA) is 68.0 Å².